The molecule has 0 aliphatic rings. The molecule has 0 unspecified atom stereocenters. The Morgan fingerprint density at radius 2 is 1.89 bits per heavy atom. The van der Waals surface area contributed by atoms with Gasteiger partial charge < -0.3 is 10.4 Å². The maximum Gasteiger partial charge on any atom is 0.258 e. The number of rotatable bonds is 2. The number of halogens is 1. The van der Waals surface area contributed by atoms with E-state index in [-0.39, 0.29) is 11.3 Å². The number of carbonyl (C=O) groups excluding carboxylic acids is 1. The van der Waals surface area contributed by atoms with Crippen molar-refractivity contribution in [3.8, 4) is 5.75 Å². The highest BCUT2D eigenvalue weighted by molar-refractivity contribution is 6.04. The summed E-state index contributed by atoms with van der Waals surface area (Å²) in [6.07, 6.45) is 0. The second-order valence-corrected chi connectivity index (χ2v) is 4.44. The lowest BCUT2D eigenvalue weighted by molar-refractivity contribution is 0.102. The summed E-state index contributed by atoms with van der Waals surface area (Å²) in [6.45, 7) is 3.83. The fourth-order valence-corrected chi connectivity index (χ4v) is 1.83. The number of aryl methyl sites for hydroxylation is 2. The third-order valence-corrected chi connectivity index (χ3v) is 2.83. The Balaban J connectivity index is 2.25. The van der Waals surface area contributed by atoms with Gasteiger partial charge in [-0.15, -0.1) is 0 Å². The highest BCUT2D eigenvalue weighted by atomic mass is 19.1. The zero-order chi connectivity index (χ0) is 14.0. The molecule has 19 heavy (non-hydrogen) atoms. The molecule has 2 aromatic carbocycles. The van der Waals surface area contributed by atoms with Gasteiger partial charge in [0.1, 0.15) is 11.6 Å². The maximum atomic E-state index is 13.5. The summed E-state index contributed by atoms with van der Waals surface area (Å²) in [4.78, 5) is 12.0. The number of aromatic hydroxyl groups is 1. The molecule has 0 radical (unpaired) electrons. The lowest BCUT2D eigenvalue weighted by atomic mass is 10.1. The van der Waals surface area contributed by atoms with Gasteiger partial charge in [-0.25, -0.2) is 4.39 Å². The summed E-state index contributed by atoms with van der Waals surface area (Å²) >= 11 is 0. The molecule has 2 aromatic rings. The summed E-state index contributed by atoms with van der Waals surface area (Å²) in [5.74, 6) is -1.49. The van der Waals surface area contributed by atoms with Crippen LogP contribution in [0.5, 0.6) is 5.75 Å². The molecule has 0 saturated heterocycles. The molecule has 4 heteroatoms. The van der Waals surface area contributed by atoms with Crippen LogP contribution in [0.3, 0.4) is 0 Å². The molecule has 1 amide bonds. The first-order valence-electron chi connectivity index (χ1n) is 5.84. The first-order valence-corrected chi connectivity index (χ1v) is 5.84. The minimum absolute atomic E-state index is 0.0993. The fourth-order valence-electron chi connectivity index (χ4n) is 1.83. The molecule has 98 valence electrons. The average molecular weight is 259 g/mol. The van der Waals surface area contributed by atoms with E-state index in [0.717, 1.165) is 17.2 Å². The quantitative estimate of drug-likeness (QED) is 0.868. The van der Waals surface area contributed by atoms with E-state index >= 15 is 0 Å². The molecule has 0 atom stereocenters. The predicted molar refractivity (Wildman–Crippen MR) is 71.9 cm³/mol. The highest BCUT2D eigenvalue weighted by Crippen LogP contribution is 2.19. The van der Waals surface area contributed by atoms with E-state index in [1.54, 1.807) is 6.07 Å². The number of amides is 1. The van der Waals surface area contributed by atoms with Gasteiger partial charge in [-0.1, -0.05) is 17.7 Å². The van der Waals surface area contributed by atoms with E-state index in [9.17, 15) is 9.18 Å². The topological polar surface area (TPSA) is 49.3 Å². The zero-order valence-electron chi connectivity index (χ0n) is 10.7. The van der Waals surface area contributed by atoms with Crippen molar-refractivity contribution in [2.75, 3.05) is 5.32 Å². The number of hydrogen-bond donors (Lipinski definition) is 2. The van der Waals surface area contributed by atoms with Crippen LogP contribution >= 0.6 is 0 Å². The predicted octanol–water partition coefficient (Wildman–Crippen LogP) is 3.40. The standard InChI is InChI=1S/C15H14FNO2/c1-9-3-6-14(10(2)7-9)17-15(19)12-5-4-11(18)8-13(12)16/h3-8,18H,1-2H3,(H,17,19). The first kappa shape index (κ1) is 13.1. The van der Waals surface area contributed by atoms with Gasteiger partial charge in [-0.05, 0) is 37.6 Å². The normalized spacial score (nSPS) is 10.3. The van der Waals surface area contributed by atoms with Crippen molar-refractivity contribution in [3.05, 3.63) is 58.9 Å². The second-order valence-electron chi connectivity index (χ2n) is 4.44. The van der Waals surface area contributed by atoms with Crippen molar-refractivity contribution >= 4 is 11.6 Å². The van der Waals surface area contributed by atoms with Gasteiger partial charge in [0.15, 0.2) is 0 Å². The van der Waals surface area contributed by atoms with Crippen molar-refractivity contribution in [2.24, 2.45) is 0 Å². The molecule has 0 bridgehead atoms. The van der Waals surface area contributed by atoms with E-state index < -0.39 is 11.7 Å². The van der Waals surface area contributed by atoms with Crippen LogP contribution in [0.15, 0.2) is 36.4 Å². The molecule has 0 saturated carbocycles. The lowest BCUT2D eigenvalue weighted by Gasteiger charge is -2.09. The Labute approximate surface area is 110 Å². The van der Waals surface area contributed by atoms with Gasteiger partial charge in [-0.2, -0.15) is 0 Å². The summed E-state index contributed by atoms with van der Waals surface area (Å²) < 4.78 is 13.5. The van der Waals surface area contributed by atoms with E-state index in [4.69, 9.17) is 5.11 Å². The number of nitrogens with one attached hydrogen (secondary N) is 1. The van der Waals surface area contributed by atoms with Crippen molar-refractivity contribution in [1.29, 1.82) is 0 Å². The average Bonchev–Trinajstić information content (AvgIpc) is 2.32. The summed E-state index contributed by atoms with van der Waals surface area (Å²) in [5, 5.41) is 11.8. The van der Waals surface area contributed by atoms with Crippen molar-refractivity contribution in [1.82, 2.24) is 0 Å². The second kappa shape index (κ2) is 5.10. The molecule has 2 N–H and O–H groups in total. The van der Waals surface area contributed by atoms with Crippen molar-refractivity contribution in [2.45, 2.75) is 13.8 Å². The minimum atomic E-state index is -0.748. The van der Waals surface area contributed by atoms with Gasteiger partial charge >= 0.3 is 0 Å². The molecular weight excluding hydrogens is 245 g/mol. The third-order valence-electron chi connectivity index (χ3n) is 2.83. The number of phenols is 1. The molecule has 0 spiro atoms. The number of hydrogen-bond acceptors (Lipinski definition) is 2. The molecule has 0 fully saturated rings. The SMILES string of the molecule is Cc1ccc(NC(=O)c2ccc(O)cc2F)c(C)c1. The van der Waals surface area contributed by atoms with Crippen LogP contribution < -0.4 is 5.32 Å². The Kier molecular flexibility index (Phi) is 3.51. The van der Waals surface area contributed by atoms with Crippen LogP contribution in [0.1, 0.15) is 21.5 Å². The van der Waals surface area contributed by atoms with Crippen LogP contribution in [0.4, 0.5) is 10.1 Å². The van der Waals surface area contributed by atoms with Crippen LogP contribution in [-0.2, 0) is 0 Å². The van der Waals surface area contributed by atoms with Crippen molar-refractivity contribution in [3.63, 3.8) is 0 Å². The Hall–Kier alpha value is -2.36. The van der Waals surface area contributed by atoms with Gasteiger partial charge in [0.05, 0.1) is 5.56 Å². The Bertz CT molecular complexity index is 638. The molecular formula is C15H14FNO2. The van der Waals surface area contributed by atoms with Crippen LogP contribution in [0.25, 0.3) is 0 Å². The Morgan fingerprint density at radius 3 is 2.53 bits per heavy atom. The number of phenolic OH excluding ortho intramolecular Hbond substituents is 1. The Morgan fingerprint density at radius 1 is 1.16 bits per heavy atom. The zero-order valence-corrected chi connectivity index (χ0v) is 10.7. The summed E-state index contributed by atoms with van der Waals surface area (Å²) in [5.41, 5.74) is 2.54. The van der Waals surface area contributed by atoms with Gasteiger partial charge in [0.2, 0.25) is 0 Å². The first-order chi connectivity index (χ1) is 8.97. The van der Waals surface area contributed by atoms with Crippen LogP contribution in [-0.4, -0.2) is 11.0 Å². The number of anilines is 1. The fraction of sp³-hybridized carbons (Fsp3) is 0.133. The maximum absolute atomic E-state index is 13.5. The monoisotopic (exact) mass is 259 g/mol. The van der Waals surface area contributed by atoms with E-state index in [1.165, 1.54) is 12.1 Å². The molecule has 0 aliphatic heterocycles. The van der Waals surface area contributed by atoms with Gasteiger partial charge in [0.25, 0.3) is 5.91 Å². The van der Waals surface area contributed by atoms with Crippen LogP contribution in [0.2, 0.25) is 0 Å². The highest BCUT2D eigenvalue weighted by Gasteiger charge is 2.13. The summed E-state index contributed by atoms with van der Waals surface area (Å²) in [6, 6.07) is 9.03. The van der Waals surface area contributed by atoms with Crippen molar-refractivity contribution < 1.29 is 14.3 Å². The molecule has 2 rings (SSSR count). The van der Waals surface area contributed by atoms with E-state index in [2.05, 4.69) is 5.32 Å². The van der Waals surface area contributed by atoms with E-state index in [1.807, 2.05) is 26.0 Å². The summed E-state index contributed by atoms with van der Waals surface area (Å²) in [7, 11) is 0. The largest absolute Gasteiger partial charge is 0.508 e. The minimum Gasteiger partial charge on any atom is -0.508 e. The molecule has 3 nitrogen and oxygen atoms in total. The lowest BCUT2D eigenvalue weighted by Crippen LogP contribution is -2.14. The third kappa shape index (κ3) is 2.91. The molecule has 0 aromatic heterocycles. The van der Waals surface area contributed by atoms with E-state index in [0.29, 0.717) is 5.69 Å². The number of carbonyl (C=O) groups is 1. The molecule has 0 heterocycles. The van der Waals surface area contributed by atoms with Gasteiger partial charge in [-0.3, -0.25) is 4.79 Å². The van der Waals surface area contributed by atoms with Crippen LogP contribution in [0, 0.1) is 19.7 Å². The number of benzene rings is 2. The van der Waals surface area contributed by atoms with Gasteiger partial charge in [0, 0.05) is 11.8 Å². The molecule has 0 aliphatic carbocycles. The smallest absolute Gasteiger partial charge is 0.258 e.